The molecule has 0 aliphatic heterocycles. The highest BCUT2D eigenvalue weighted by atomic mass is 35.5. The SMILES string of the molecule is CCC(C)S(=O)CCCC(=O)Nc1c(N)cc(Cl)cc1Cl. The van der Waals surface area contributed by atoms with Gasteiger partial charge in [0.2, 0.25) is 5.91 Å². The summed E-state index contributed by atoms with van der Waals surface area (Å²) in [5.41, 5.74) is 6.47. The van der Waals surface area contributed by atoms with Crippen LogP contribution < -0.4 is 11.1 Å². The van der Waals surface area contributed by atoms with E-state index in [0.717, 1.165) is 6.42 Å². The van der Waals surface area contributed by atoms with Crippen LogP contribution in [0.4, 0.5) is 11.4 Å². The fraction of sp³-hybridized carbons (Fsp3) is 0.500. The summed E-state index contributed by atoms with van der Waals surface area (Å²) in [6.07, 6.45) is 1.71. The fourth-order valence-corrected chi connectivity index (χ4v) is 3.45. The molecule has 0 aliphatic rings. The molecule has 2 atom stereocenters. The molecule has 7 heteroatoms. The molecule has 0 spiro atoms. The number of carbonyl (C=O) groups is 1. The number of nitrogens with two attached hydrogens (primary N) is 1. The Morgan fingerprint density at radius 3 is 2.67 bits per heavy atom. The van der Waals surface area contributed by atoms with Gasteiger partial charge in [0.05, 0.1) is 16.4 Å². The Balaban J connectivity index is 2.50. The van der Waals surface area contributed by atoms with Crippen molar-refractivity contribution in [1.82, 2.24) is 0 Å². The van der Waals surface area contributed by atoms with Crippen LogP contribution in [-0.4, -0.2) is 21.1 Å². The summed E-state index contributed by atoms with van der Waals surface area (Å²) in [5.74, 6) is 0.318. The Kier molecular flexibility index (Phi) is 7.49. The van der Waals surface area contributed by atoms with Crippen LogP contribution in [0.3, 0.4) is 0 Å². The molecule has 21 heavy (non-hydrogen) atoms. The molecule has 1 aromatic carbocycles. The molecule has 0 radical (unpaired) electrons. The molecule has 0 heterocycles. The van der Waals surface area contributed by atoms with Crippen LogP contribution in [0.5, 0.6) is 0 Å². The third-order valence-electron chi connectivity index (χ3n) is 3.12. The van der Waals surface area contributed by atoms with E-state index in [1.54, 1.807) is 0 Å². The Hall–Kier alpha value is -0.780. The Morgan fingerprint density at radius 2 is 2.10 bits per heavy atom. The van der Waals surface area contributed by atoms with Crippen LogP contribution in [0.25, 0.3) is 0 Å². The number of rotatable bonds is 7. The number of carbonyl (C=O) groups excluding carboxylic acids is 1. The van der Waals surface area contributed by atoms with E-state index in [1.807, 2.05) is 13.8 Å². The topological polar surface area (TPSA) is 72.2 Å². The van der Waals surface area contributed by atoms with Crippen LogP contribution in [-0.2, 0) is 15.6 Å². The number of amides is 1. The zero-order chi connectivity index (χ0) is 16.0. The van der Waals surface area contributed by atoms with Crippen LogP contribution >= 0.6 is 23.2 Å². The molecule has 118 valence electrons. The first kappa shape index (κ1) is 18.3. The van der Waals surface area contributed by atoms with Crippen LogP contribution in [0.1, 0.15) is 33.1 Å². The van der Waals surface area contributed by atoms with Crippen LogP contribution in [0.15, 0.2) is 12.1 Å². The van der Waals surface area contributed by atoms with Gasteiger partial charge in [-0.1, -0.05) is 37.0 Å². The van der Waals surface area contributed by atoms with Crippen molar-refractivity contribution in [3.63, 3.8) is 0 Å². The van der Waals surface area contributed by atoms with Gasteiger partial charge in [0.25, 0.3) is 0 Å². The second-order valence-corrected chi connectivity index (χ2v) is 7.63. The number of nitrogens with one attached hydrogen (secondary N) is 1. The number of hydrogen-bond acceptors (Lipinski definition) is 3. The van der Waals surface area contributed by atoms with Gasteiger partial charge in [0.1, 0.15) is 0 Å². The summed E-state index contributed by atoms with van der Waals surface area (Å²) in [7, 11) is -0.888. The van der Waals surface area contributed by atoms with Gasteiger partial charge in [-0.15, -0.1) is 0 Å². The number of halogens is 2. The zero-order valence-electron chi connectivity index (χ0n) is 12.1. The van der Waals surface area contributed by atoms with Crippen molar-refractivity contribution in [1.29, 1.82) is 0 Å². The van der Waals surface area contributed by atoms with Gasteiger partial charge in [-0.3, -0.25) is 9.00 Å². The lowest BCUT2D eigenvalue weighted by Gasteiger charge is -2.11. The predicted octanol–water partition coefficient (Wildman–Crippen LogP) is 3.84. The molecule has 0 bridgehead atoms. The van der Waals surface area contributed by atoms with Crippen molar-refractivity contribution in [3.8, 4) is 0 Å². The van der Waals surface area contributed by atoms with Crippen molar-refractivity contribution < 1.29 is 9.00 Å². The molecule has 3 N–H and O–H groups in total. The van der Waals surface area contributed by atoms with Crippen molar-refractivity contribution in [2.75, 3.05) is 16.8 Å². The second kappa shape index (κ2) is 8.61. The van der Waals surface area contributed by atoms with E-state index in [2.05, 4.69) is 5.32 Å². The molecular weight excluding hydrogens is 331 g/mol. The smallest absolute Gasteiger partial charge is 0.224 e. The van der Waals surface area contributed by atoms with E-state index in [4.69, 9.17) is 28.9 Å². The first-order valence-corrected chi connectivity index (χ1v) is 8.90. The maximum absolute atomic E-state index is 11.9. The monoisotopic (exact) mass is 350 g/mol. The normalized spacial score (nSPS) is 13.7. The standard InChI is InChI=1S/C14H20Cl2N2O2S/c1-3-9(2)21(20)6-4-5-13(19)18-14-11(16)7-10(15)8-12(14)17/h7-9H,3-6,17H2,1-2H3,(H,18,19). The van der Waals surface area contributed by atoms with Gasteiger partial charge in [0.15, 0.2) is 0 Å². The van der Waals surface area contributed by atoms with Gasteiger partial charge in [-0.25, -0.2) is 0 Å². The quantitative estimate of drug-likeness (QED) is 0.733. The highest BCUT2D eigenvalue weighted by Crippen LogP contribution is 2.32. The summed E-state index contributed by atoms with van der Waals surface area (Å²) in [6.45, 7) is 3.95. The Labute approximate surface area is 137 Å². The van der Waals surface area contributed by atoms with Crippen molar-refractivity contribution >= 4 is 51.3 Å². The molecule has 1 aromatic rings. The molecule has 0 aliphatic carbocycles. The van der Waals surface area contributed by atoms with E-state index >= 15 is 0 Å². The van der Waals surface area contributed by atoms with Crippen molar-refractivity contribution in [2.24, 2.45) is 0 Å². The van der Waals surface area contributed by atoms with E-state index < -0.39 is 10.8 Å². The molecular formula is C14H20Cl2N2O2S. The summed E-state index contributed by atoms with van der Waals surface area (Å²) in [4.78, 5) is 11.9. The van der Waals surface area contributed by atoms with E-state index in [9.17, 15) is 9.00 Å². The minimum Gasteiger partial charge on any atom is -0.397 e. The molecule has 0 aromatic heterocycles. The van der Waals surface area contributed by atoms with E-state index in [1.165, 1.54) is 12.1 Å². The molecule has 0 fully saturated rings. The average molecular weight is 351 g/mol. The molecule has 1 amide bonds. The fourth-order valence-electron chi connectivity index (χ4n) is 1.69. The number of anilines is 2. The molecule has 4 nitrogen and oxygen atoms in total. The van der Waals surface area contributed by atoms with Gasteiger partial charge >= 0.3 is 0 Å². The molecule has 2 unspecified atom stereocenters. The maximum Gasteiger partial charge on any atom is 0.224 e. The Bertz CT molecular complexity index is 515. The van der Waals surface area contributed by atoms with Gasteiger partial charge in [-0.05, 0) is 25.0 Å². The molecule has 0 saturated carbocycles. The second-order valence-electron chi connectivity index (χ2n) is 4.81. The summed E-state index contributed by atoms with van der Waals surface area (Å²) in [6, 6.07) is 3.05. The summed E-state index contributed by atoms with van der Waals surface area (Å²) >= 11 is 11.8. The predicted molar refractivity (Wildman–Crippen MR) is 91.5 cm³/mol. The third kappa shape index (κ3) is 5.85. The highest BCUT2D eigenvalue weighted by Gasteiger charge is 2.12. The first-order valence-electron chi connectivity index (χ1n) is 6.76. The van der Waals surface area contributed by atoms with Gasteiger partial charge in [-0.2, -0.15) is 0 Å². The number of benzene rings is 1. The first-order chi connectivity index (χ1) is 9.85. The van der Waals surface area contributed by atoms with E-state index in [0.29, 0.717) is 33.6 Å². The van der Waals surface area contributed by atoms with Crippen LogP contribution in [0.2, 0.25) is 10.0 Å². The molecule has 0 saturated heterocycles. The molecule has 1 rings (SSSR count). The Morgan fingerprint density at radius 1 is 1.43 bits per heavy atom. The lowest BCUT2D eigenvalue weighted by molar-refractivity contribution is -0.116. The summed E-state index contributed by atoms with van der Waals surface area (Å²) in [5, 5.41) is 3.55. The lowest BCUT2D eigenvalue weighted by atomic mass is 10.2. The van der Waals surface area contributed by atoms with Crippen LogP contribution in [0, 0.1) is 0 Å². The van der Waals surface area contributed by atoms with Gasteiger partial charge in [0, 0.05) is 33.2 Å². The minimum absolute atomic E-state index is 0.161. The van der Waals surface area contributed by atoms with Gasteiger partial charge < -0.3 is 11.1 Å². The van der Waals surface area contributed by atoms with E-state index in [-0.39, 0.29) is 17.6 Å². The van der Waals surface area contributed by atoms with Crippen molar-refractivity contribution in [3.05, 3.63) is 22.2 Å². The number of hydrogen-bond donors (Lipinski definition) is 2. The largest absolute Gasteiger partial charge is 0.397 e. The zero-order valence-corrected chi connectivity index (χ0v) is 14.4. The minimum atomic E-state index is -0.888. The summed E-state index contributed by atoms with van der Waals surface area (Å²) < 4.78 is 11.8. The highest BCUT2D eigenvalue weighted by molar-refractivity contribution is 7.85. The average Bonchev–Trinajstić information content (AvgIpc) is 2.41. The van der Waals surface area contributed by atoms with Crippen molar-refractivity contribution in [2.45, 2.75) is 38.4 Å². The lowest BCUT2D eigenvalue weighted by Crippen LogP contribution is -2.17. The maximum atomic E-state index is 11.9. The third-order valence-corrected chi connectivity index (χ3v) is 5.56. The number of nitrogen functional groups attached to an aromatic ring is 1.